The molecule has 0 aliphatic rings. The fraction of sp³-hybridized carbons (Fsp3) is 0.182. The van der Waals surface area contributed by atoms with Crippen molar-refractivity contribution in [3.05, 3.63) is 42.7 Å². The van der Waals surface area contributed by atoms with E-state index in [-0.39, 0.29) is 0 Å². The number of para-hydroxylation sites is 1. The topological polar surface area (TPSA) is 43.8 Å². The summed E-state index contributed by atoms with van der Waals surface area (Å²) in [5, 5.41) is 0.992. The minimum Gasteiger partial charge on any atom is -0.330 e. The molecule has 0 radical (unpaired) electrons. The average Bonchev–Trinajstić information content (AvgIpc) is 2.75. The lowest BCUT2D eigenvalue weighted by Crippen LogP contribution is -2.03. The van der Waals surface area contributed by atoms with Crippen LogP contribution in [0.25, 0.3) is 5.69 Å². The van der Waals surface area contributed by atoms with Gasteiger partial charge in [0.15, 0.2) is 5.16 Å². The molecule has 3 nitrogen and oxygen atoms in total. The van der Waals surface area contributed by atoms with Gasteiger partial charge in [0.1, 0.15) is 0 Å². The van der Waals surface area contributed by atoms with Gasteiger partial charge in [-0.1, -0.05) is 30.0 Å². The first-order valence-corrected chi connectivity index (χ1v) is 5.82. The van der Waals surface area contributed by atoms with Gasteiger partial charge < -0.3 is 5.73 Å². The van der Waals surface area contributed by atoms with Gasteiger partial charge in [-0.05, 0) is 12.1 Å². The normalized spacial score (nSPS) is 10.5. The summed E-state index contributed by atoms with van der Waals surface area (Å²) < 4.78 is 2.07. The van der Waals surface area contributed by atoms with Crippen molar-refractivity contribution in [2.75, 3.05) is 12.3 Å². The first-order chi connectivity index (χ1) is 7.42. The highest BCUT2D eigenvalue weighted by atomic mass is 32.2. The van der Waals surface area contributed by atoms with E-state index in [4.69, 9.17) is 5.73 Å². The van der Waals surface area contributed by atoms with Crippen LogP contribution in [-0.2, 0) is 0 Å². The lowest BCUT2D eigenvalue weighted by Gasteiger charge is -2.06. The fourth-order valence-corrected chi connectivity index (χ4v) is 2.07. The van der Waals surface area contributed by atoms with Crippen molar-refractivity contribution >= 4 is 11.8 Å². The molecule has 0 unspecified atom stereocenters. The van der Waals surface area contributed by atoms with Crippen molar-refractivity contribution in [3.63, 3.8) is 0 Å². The zero-order chi connectivity index (χ0) is 10.5. The van der Waals surface area contributed by atoms with Crippen molar-refractivity contribution in [1.29, 1.82) is 0 Å². The summed E-state index contributed by atoms with van der Waals surface area (Å²) >= 11 is 1.68. The molecular formula is C11H13N3S. The Morgan fingerprint density at radius 3 is 2.80 bits per heavy atom. The summed E-state index contributed by atoms with van der Waals surface area (Å²) in [5.74, 6) is 0.893. The quantitative estimate of drug-likeness (QED) is 0.799. The van der Waals surface area contributed by atoms with Gasteiger partial charge in [0.05, 0.1) is 0 Å². The third-order valence-corrected chi connectivity index (χ3v) is 2.99. The molecule has 0 saturated heterocycles. The molecule has 78 valence electrons. The van der Waals surface area contributed by atoms with E-state index in [1.165, 1.54) is 0 Å². The molecule has 1 heterocycles. The maximum Gasteiger partial charge on any atom is 0.172 e. The van der Waals surface area contributed by atoms with E-state index in [2.05, 4.69) is 21.7 Å². The molecule has 2 aromatic rings. The summed E-state index contributed by atoms with van der Waals surface area (Å²) in [7, 11) is 0. The molecule has 15 heavy (non-hydrogen) atoms. The van der Waals surface area contributed by atoms with E-state index in [0.29, 0.717) is 6.54 Å². The Kier molecular flexibility index (Phi) is 3.42. The minimum absolute atomic E-state index is 0.673. The zero-order valence-electron chi connectivity index (χ0n) is 8.34. The molecule has 0 amide bonds. The van der Waals surface area contributed by atoms with Gasteiger partial charge in [-0.15, -0.1) is 0 Å². The molecule has 0 spiro atoms. The molecule has 0 atom stereocenters. The molecule has 0 fully saturated rings. The van der Waals surface area contributed by atoms with Crippen LogP contribution in [0.4, 0.5) is 0 Å². The van der Waals surface area contributed by atoms with E-state index in [9.17, 15) is 0 Å². The van der Waals surface area contributed by atoms with E-state index in [0.717, 1.165) is 16.6 Å². The van der Waals surface area contributed by atoms with Gasteiger partial charge in [0.2, 0.25) is 0 Å². The number of nitrogens with zero attached hydrogens (tertiary/aromatic N) is 2. The summed E-state index contributed by atoms with van der Waals surface area (Å²) in [6.45, 7) is 0.673. The predicted molar refractivity (Wildman–Crippen MR) is 63.3 cm³/mol. The van der Waals surface area contributed by atoms with Crippen LogP contribution >= 0.6 is 11.8 Å². The summed E-state index contributed by atoms with van der Waals surface area (Å²) in [6, 6.07) is 10.2. The molecule has 2 N–H and O–H groups in total. The maximum absolute atomic E-state index is 5.48. The molecule has 0 bridgehead atoms. The Bertz CT molecular complexity index is 411. The smallest absolute Gasteiger partial charge is 0.172 e. The first kappa shape index (κ1) is 10.3. The fourth-order valence-electron chi connectivity index (χ4n) is 1.33. The molecule has 0 saturated carbocycles. The monoisotopic (exact) mass is 219 g/mol. The van der Waals surface area contributed by atoms with E-state index < -0.39 is 0 Å². The van der Waals surface area contributed by atoms with Crippen molar-refractivity contribution in [1.82, 2.24) is 9.55 Å². The third-order valence-electron chi connectivity index (χ3n) is 1.99. The number of hydrogen-bond acceptors (Lipinski definition) is 3. The van der Waals surface area contributed by atoms with Gasteiger partial charge in [-0.3, -0.25) is 4.57 Å². The Labute approximate surface area is 93.3 Å². The van der Waals surface area contributed by atoms with Gasteiger partial charge in [0, 0.05) is 30.4 Å². The summed E-state index contributed by atoms with van der Waals surface area (Å²) in [4.78, 5) is 4.30. The number of rotatable bonds is 4. The predicted octanol–water partition coefficient (Wildman–Crippen LogP) is 1.92. The Morgan fingerprint density at radius 2 is 2.07 bits per heavy atom. The SMILES string of the molecule is NCCSc1nccn1-c1ccccc1. The molecule has 1 aromatic heterocycles. The lowest BCUT2D eigenvalue weighted by atomic mass is 10.3. The van der Waals surface area contributed by atoms with Crippen LogP contribution in [0.15, 0.2) is 47.9 Å². The van der Waals surface area contributed by atoms with Crippen LogP contribution in [0.1, 0.15) is 0 Å². The van der Waals surface area contributed by atoms with E-state index in [1.54, 1.807) is 11.8 Å². The van der Waals surface area contributed by atoms with Gasteiger partial charge in [-0.25, -0.2) is 4.98 Å². The second kappa shape index (κ2) is 5.00. The third kappa shape index (κ3) is 2.40. The lowest BCUT2D eigenvalue weighted by molar-refractivity contribution is 0.894. The van der Waals surface area contributed by atoms with E-state index >= 15 is 0 Å². The standard InChI is InChI=1S/C11H13N3S/c12-6-9-15-11-13-7-8-14(11)10-4-2-1-3-5-10/h1-5,7-8H,6,9,12H2. The van der Waals surface area contributed by atoms with Crippen LogP contribution < -0.4 is 5.73 Å². The van der Waals surface area contributed by atoms with Crippen molar-refractivity contribution < 1.29 is 0 Å². The number of imidazole rings is 1. The number of benzene rings is 1. The molecular weight excluding hydrogens is 206 g/mol. The number of nitrogens with two attached hydrogens (primary N) is 1. The molecule has 4 heteroatoms. The van der Waals surface area contributed by atoms with Crippen molar-refractivity contribution in [2.45, 2.75) is 5.16 Å². The van der Waals surface area contributed by atoms with Gasteiger partial charge >= 0.3 is 0 Å². The molecule has 1 aromatic carbocycles. The van der Waals surface area contributed by atoms with E-state index in [1.807, 2.05) is 30.6 Å². The highest BCUT2D eigenvalue weighted by Crippen LogP contribution is 2.19. The van der Waals surface area contributed by atoms with Gasteiger partial charge in [0.25, 0.3) is 0 Å². The Hall–Kier alpha value is -1.26. The zero-order valence-corrected chi connectivity index (χ0v) is 9.15. The number of thioether (sulfide) groups is 1. The van der Waals surface area contributed by atoms with Crippen LogP contribution in [0.3, 0.4) is 0 Å². The first-order valence-electron chi connectivity index (χ1n) is 4.83. The molecule has 2 rings (SSSR count). The molecule has 0 aliphatic heterocycles. The Balaban J connectivity index is 2.25. The average molecular weight is 219 g/mol. The van der Waals surface area contributed by atoms with Gasteiger partial charge in [-0.2, -0.15) is 0 Å². The second-order valence-corrected chi connectivity index (χ2v) is 4.11. The van der Waals surface area contributed by atoms with Crippen molar-refractivity contribution in [3.8, 4) is 5.69 Å². The Morgan fingerprint density at radius 1 is 1.27 bits per heavy atom. The molecule has 0 aliphatic carbocycles. The van der Waals surface area contributed by atoms with Crippen LogP contribution in [0.2, 0.25) is 0 Å². The number of hydrogen-bond donors (Lipinski definition) is 1. The highest BCUT2D eigenvalue weighted by molar-refractivity contribution is 7.99. The largest absolute Gasteiger partial charge is 0.330 e. The van der Waals surface area contributed by atoms with Crippen LogP contribution in [0, 0.1) is 0 Å². The van der Waals surface area contributed by atoms with Crippen LogP contribution in [-0.4, -0.2) is 21.8 Å². The minimum atomic E-state index is 0.673. The number of aromatic nitrogens is 2. The van der Waals surface area contributed by atoms with Crippen LogP contribution in [0.5, 0.6) is 0 Å². The second-order valence-electron chi connectivity index (χ2n) is 3.05. The summed E-state index contributed by atoms with van der Waals surface area (Å²) in [5.41, 5.74) is 6.61. The highest BCUT2D eigenvalue weighted by Gasteiger charge is 2.03. The van der Waals surface area contributed by atoms with Crippen molar-refractivity contribution in [2.24, 2.45) is 5.73 Å². The summed E-state index contributed by atoms with van der Waals surface area (Å²) in [6.07, 6.45) is 3.78. The maximum atomic E-state index is 5.48.